The zero-order chi connectivity index (χ0) is 21.3. The van der Waals surface area contributed by atoms with Gasteiger partial charge in [-0.15, -0.1) is 0 Å². The fourth-order valence-electron chi connectivity index (χ4n) is 3.46. The molecule has 1 saturated carbocycles. The zero-order valence-electron chi connectivity index (χ0n) is 16.0. The largest absolute Gasteiger partial charge is 0.493 e. The third kappa shape index (κ3) is 4.00. The maximum absolute atomic E-state index is 11.4. The van der Waals surface area contributed by atoms with Crippen molar-refractivity contribution >= 4 is 5.69 Å². The lowest BCUT2D eigenvalue weighted by Crippen LogP contribution is -2.63. The number of nitro benzene ring substituents is 1. The summed E-state index contributed by atoms with van der Waals surface area (Å²) >= 11 is 0. The van der Waals surface area contributed by atoms with E-state index in [9.17, 15) is 25.4 Å². The molecular formula is C17H23NO11. The van der Waals surface area contributed by atoms with Crippen LogP contribution in [0.2, 0.25) is 0 Å². The summed E-state index contributed by atoms with van der Waals surface area (Å²) in [5.41, 5.74) is -0.164. The lowest BCUT2D eigenvalue weighted by atomic mass is 9.85. The van der Waals surface area contributed by atoms with Crippen molar-refractivity contribution in [2.24, 2.45) is 0 Å². The molecule has 1 unspecified atom stereocenters. The maximum atomic E-state index is 11.4. The van der Waals surface area contributed by atoms with E-state index in [0.717, 1.165) is 0 Å². The van der Waals surface area contributed by atoms with Gasteiger partial charge in [-0.25, -0.2) is 0 Å². The first-order valence-corrected chi connectivity index (χ1v) is 8.71. The van der Waals surface area contributed by atoms with Crippen LogP contribution in [0.1, 0.15) is 5.56 Å². The fraction of sp³-hybridized carbons (Fsp3) is 0.647. The van der Waals surface area contributed by atoms with Crippen molar-refractivity contribution in [3.05, 3.63) is 27.8 Å². The molecule has 1 aromatic rings. The lowest BCUT2D eigenvalue weighted by molar-refractivity contribution is -0.386. The van der Waals surface area contributed by atoms with Crippen LogP contribution in [0.4, 0.5) is 5.69 Å². The molecule has 1 heterocycles. The van der Waals surface area contributed by atoms with E-state index in [2.05, 4.69) is 0 Å². The summed E-state index contributed by atoms with van der Waals surface area (Å²) < 4.78 is 31.3. The lowest BCUT2D eigenvalue weighted by Gasteiger charge is -2.40. The number of methoxy groups -OCH3 is 3. The van der Waals surface area contributed by atoms with E-state index in [0.29, 0.717) is 0 Å². The summed E-state index contributed by atoms with van der Waals surface area (Å²) in [5.74, 6) is 0.415. The first-order valence-electron chi connectivity index (χ1n) is 8.71. The molecule has 12 heteroatoms. The average molecular weight is 417 g/mol. The zero-order valence-corrected chi connectivity index (χ0v) is 16.0. The number of aliphatic hydroxyl groups is 3. The number of nitrogens with zero attached hydrogens (tertiary/aromatic N) is 1. The highest BCUT2D eigenvalue weighted by Crippen LogP contribution is 2.37. The highest BCUT2D eigenvalue weighted by molar-refractivity contribution is 5.54. The Bertz CT molecular complexity index is 744. The molecule has 0 radical (unpaired) electrons. The molecule has 2 fully saturated rings. The maximum Gasteiger partial charge on any atom is 0.278 e. The number of benzene rings is 1. The molecule has 29 heavy (non-hydrogen) atoms. The molecule has 0 spiro atoms. The van der Waals surface area contributed by atoms with Gasteiger partial charge in [0.15, 0.2) is 11.5 Å². The van der Waals surface area contributed by atoms with E-state index < -0.39 is 48.0 Å². The standard InChI is InChI=1S/C17H23NO11/c1-24-9-4-7(8(18(22)23)5-10(9)25-2)6-27-14-11(19)12(20)15-16(13(14)21)29-17(26-3)28-15/h4-5,11-17,19-21H,6H2,1-3H3/t11-,12-,13-,14+,15+,16-,17?/m1/s1. The number of hydrogen-bond acceptors (Lipinski definition) is 11. The summed E-state index contributed by atoms with van der Waals surface area (Å²) in [5, 5.41) is 42.6. The van der Waals surface area contributed by atoms with Crippen LogP contribution in [0.3, 0.4) is 0 Å². The van der Waals surface area contributed by atoms with E-state index >= 15 is 0 Å². The summed E-state index contributed by atoms with van der Waals surface area (Å²) in [6.45, 7) is -1.46. The molecule has 12 nitrogen and oxygen atoms in total. The van der Waals surface area contributed by atoms with E-state index in [1.54, 1.807) is 0 Å². The van der Waals surface area contributed by atoms with E-state index in [4.69, 9.17) is 28.4 Å². The normalized spacial score (nSPS) is 33.9. The van der Waals surface area contributed by atoms with Gasteiger partial charge in [-0.05, 0) is 6.07 Å². The minimum atomic E-state index is -1.52. The molecular weight excluding hydrogens is 394 g/mol. The van der Waals surface area contributed by atoms with Gasteiger partial charge in [0.25, 0.3) is 12.2 Å². The second-order valence-electron chi connectivity index (χ2n) is 6.57. The van der Waals surface area contributed by atoms with Gasteiger partial charge in [0, 0.05) is 7.11 Å². The van der Waals surface area contributed by atoms with E-state index in [1.165, 1.54) is 33.5 Å². The number of hydrogen-bond donors (Lipinski definition) is 3. The van der Waals surface area contributed by atoms with Crippen LogP contribution >= 0.6 is 0 Å². The number of ether oxygens (including phenoxy) is 6. The molecule has 7 atom stereocenters. The SMILES string of the molecule is COc1cc(CO[C@H]2[C@H](O)[C@@H](O)[C@@H]3OC(OC)O[C@@H]3[C@@H]2O)c([N+](=O)[O-])cc1OC. The Morgan fingerprint density at radius 3 is 2.14 bits per heavy atom. The fourth-order valence-corrected chi connectivity index (χ4v) is 3.46. The second kappa shape index (κ2) is 8.75. The van der Waals surface area contributed by atoms with Crippen molar-refractivity contribution in [3.8, 4) is 11.5 Å². The molecule has 1 saturated heterocycles. The predicted molar refractivity (Wildman–Crippen MR) is 93.3 cm³/mol. The Labute approximate surface area is 165 Å². The number of fused-ring (bicyclic) bond motifs is 1. The van der Waals surface area contributed by atoms with Crippen LogP contribution < -0.4 is 9.47 Å². The van der Waals surface area contributed by atoms with Crippen LogP contribution in [0, 0.1) is 10.1 Å². The van der Waals surface area contributed by atoms with Gasteiger partial charge in [-0.3, -0.25) is 10.1 Å². The van der Waals surface area contributed by atoms with E-state index in [-0.39, 0.29) is 29.4 Å². The molecule has 1 aliphatic carbocycles. The molecule has 1 aliphatic heterocycles. The average Bonchev–Trinajstić information content (AvgIpc) is 3.16. The Morgan fingerprint density at radius 1 is 1.00 bits per heavy atom. The quantitative estimate of drug-likeness (QED) is 0.380. The van der Waals surface area contributed by atoms with Crippen LogP contribution in [0.25, 0.3) is 0 Å². The third-order valence-corrected chi connectivity index (χ3v) is 4.96. The molecule has 3 N–H and O–H groups in total. The minimum absolute atomic E-state index is 0.127. The van der Waals surface area contributed by atoms with Crippen LogP contribution in [0.5, 0.6) is 11.5 Å². The third-order valence-electron chi connectivity index (χ3n) is 4.96. The molecule has 0 bridgehead atoms. The van der Waals surface area contributed by atoms with E-state index in [1.807, 2.05) is 0 Å². The summed E-state index contributed by atoms with van der Waals surface area (Å²) in [6, 6.07) is 2.56. The summed E-state index contributed by atoms with van der Waals surface area (Å²) in [4.78, 5) is 10.8. The van der Waals surface area contributed by atoms with Crippen LogP contribution in [-0.2, 0) is 25.6 Å². The number of aliphatic hydroxyl groups excluding tert-OH is 3. The van der Waals surface area contributed by atoms with Crippen molar-refractivity contribution in [1.82, 2.24) is 0 Å². The Balaban J connectivity index is 1.81. The number of nitro groups is 1. The highest BCUT2D eigenvalue weighted by Gasteiger charge is 2.56. The minimum Gasteiger partial charge on any atom is -0.493 e. The molecule has 162 valence electrons. The summed E-state index contributed by atoms with van der Waals surface area (Å²) in [6.07, 6.45) is -7.64. The van der Waals surface area contributed by atoms with Gasteiger partial charge in [-0.1, -0.05) is 0 Å². The van der Waals surface area contributed by atoms with Crippen LogP contribution in [-0.4, -0.2) is 84.7 Å². The monoisotopic (exact) mass is 417 g/mol. The van der Waals surface area contributed by atoms with Crippen molar-refractivity contribution in [2.75, 3.05) is 21.3 Å². The van der Waals surface area contributed by atoms with Crippen LogP contribution in [0.15, 0.2) is 12.1 Å². The Morgan fingerprint density at radius 2 is 1.59 bits per heavy atom. The van der Waals surface area contributed by atoms with Gasteiger partial charge in [0.1, 0.15) is 36.6 Å². The topological polar surface area (TPSA) is 159 Å². The molecule has 1 aromatic carbocycles. The molecule has 0 aromatic heterocycles. The van der Waals surface area contributed by atoms with Gasteiger partial charge in [0.05, 0.1) is 37.4 Å². The first kappa shape index (κ1) is 21.6. The molecule has 3 rings (SSSR count). The van der Waals surface area contributed by atoms with Crippen molar-refractivity contribution in [2.45, 2.75) is 49.7 Å². The van der Waals surface area contributed by atoms with Gasteiger partial charge in [0.2, 0.25) is 0 Å². The predicted octanol–water partition coefficient (Wildman–Crippen LogP) is -0.692. The van der Waals surface area contributed by atoms with Crippen molar-refractivity contribution < 1.29 is 48.7 Å². The van der Waals surface area contributed by atoms with Gasteiger partial charge >= 0.3 is 0 Å². The highest BCUT2D eigenvalue weighted by atomic mass is 16.9. The Kier molecular flexibility index (Phi) is 6.53. The van der Waals surface area contributed by atoms with Crippen molar-refractivity contribution in [3.63, 3.8) is 0 Å². The summed E-state index contributed by atoms with van der Waals surface area (Å²) in [7, 11) is 4.05. The van der Waals surface area contributed by atoms with Crippen molar-refractivity contribution in [1.29, 1.82) is 0 Å². The Hall–Kier alpha value is -2.06. The smallest absolute Gasteiger partial charge is 0.278 e. The molecule has 0 amide bonds. The molecule has 2 aliphatic rings. The second-order valence-corrected chi connectivity index (χ2v) is 6.57. The van der Waals surface area contributed by atoms with Gasteiger partial charge in [-0.2, -0.15) is 0 Å². The van der Waals surface area contributed by atoms with Gasteiger partial charge < -0.3 is 43.7 Å². The first-order chi connectivity index (χ1) is 13.8. The number of rotatable bonds is 7.